The van der Waals surface area contributed by atoms with Crippen molar-refractivity contribution in [2.45, 2.75) is 227 Å². The van der Waals surface area contributed by atoms with Gasteiger partial charge in [-0.1, -0.05) is 225 Å². The Morgan fingerprint density at radius 3 is 1.36 bits per heavy atom. The molecule has 0 N–H and O–H groups in total. The van der Waals surface area contributed by atoms with Gasteiger partial charge in [0.25, 0.3) is 6.71 Å². The number of hydrogen-bond acceptors (Lipinski definition) is 3. The lowest BCUT2D eigenvalue weighted by Gasteiger charge is -2.48. The highest BCUT2D eigenvalue weighted by atomic mass is 15.2. The van der Waals surface area contributed by atoms with Gasteiger partial charge >= 0.3 is 0 Å². The first-order valence-electron chi connectivity index (χ1n) is 33.0. The van der Waals surface area contributed by atoms with Gasteiger partial charge in [-0.2, -0.15) is 0 Å². The van der Waals surface area contributed by atoms with Crippen molar-refractivity contribution in [2.24, 2.45) is 0 Å². The fraction of sp³-hybridized carbons (Fsp3) is 0.422. The van der Waals surface area contributed by atoms with E-state index in [-0.39, 0.29) is 55.4 Å². The van der Waals surface area contributed by atoms with E-state index in [1.807, 2.05) is 0 Å². The highest BCUT2D eigenvalue weighted by Crippen LogP contribution is 2.58. The van der Waals surface area contributed by atoms with Crippen LogP contribution in [0.2, 0.25) is 0 Å². The minimum Gasteiger partial charge on any atom is -0.311 e. The van der Waals surface area contributed by atoms with Crippen LogP contribution in [0.25, 0.3) is 11.1 Å². The van der Waals surface area contributed by atoms with Crippen LogP contribution in [0.4, 0.5) is 51.2 Å². The molecule has 0 saturated heterocycles. The van der Waals surface area contributed by atoms with E-state index in [0.717, 1.165) is 36.3 Å². The SMILES string of the molecule is CC(C)(C)c1ccc(N(c2ccc(C(C)(C)C)cc2)c2ccc3c(c2)N(c2cccc4c2-c2ccc(C(C)(C)C)cc2C4(C)C)c2cc(C(C)(C)C)cc4c2B3c2cc3c(cc2N4c2ccc4c(c2)C(C)(C)CCC4(C)C)C(C)(C)CCC3(C)C)cc1. The van der Waals surface area contributed by atoms with Crippen LogP contribution in [0.1, 0.15) is 234 Å². The Morgan fingerprint density at radius 2 is 0.816 bits per heavy atom. The smallest absolute Gasteiger partial charge is 0.252 e. The van der Waals surface area contributed by atoms with Crippen molar-refractivity contribution >= 4 is 74.3 Å². The third-order valence-electron chi connectivity index (χ3n) is 22.0. The maximum absolute atomic E-state index is 2.75. The number of rotatable bonds is 5. The standard InChI is InChI=1S/C83H98BN3/c1-75(2,3)51-26-31-55(32-27-51)85(56-33-28-52(29-34-56)76(4,5)6)58-36-39-66-69(48-58)87(68-25-23-24-61-73(68)59-37-30-53(77(7,8)9)44-62(59)83(61,21)22)72-46-54(78(10,11)12)45-71-74(72)84(66)67-49-64-65(82(19,20)43-42-81(64,17)18)50-70(67)86(71)57-35-38-60-63(47-57)80(15,16)41-40-79(60,13)14/h23-39,44-50H,40-43H2,1-22H3. The summed E-state index contributed by atoms with van der Waals surface area (Å²) in [5.74, 6) is 0. The maximum Gasteiger partial charge on any atom is 0.252 e. The van der Waals surface area contributed by atoms with E-state index < -0.39 is 0 Å². The molecule has 2 heterocycles. The number of benzene rings is 8. The molecule has 0 amide bonds. The zero-order valence-electron chi connectivity index (χ0n) is 57.1. The largest absolute Gasteiger partial charge is 0.311 e. The van der Waals surface area contributed by atoms with E-state index in [2.05, 4.69) is 313 Å². The lowest BCUT2D eigenvalue weighted by Crippen LogP contribution is -2.62. The van der Waals surface area contributed by atoms with Gasteiger partial charge < -0.3 is 14.7 Å². The van der Waals surface area contributed by atoms with E-state index in [1.165, 1.54) is 124 Å². The lowest BCUT2D eigenvalue weighted by atomic mass is 9.33. The number of fused-ring (bicyclic) bond motifs is 9. The average molecular weight is 1150 g/mol. The molecule has 0 aromatic heterocycles. The molecule has 0 unspecified atom stereocenters. The molecule has 0 radical (unpaired) electrons. The Bertz CT molecular complexity index is 4060. The van der Waals surface area contributed by atoms with Crippen LogP contribution in [0.15, 0.2) is 146 Å². The quantitative estimate of drug-likeness (QED) is 0.159. The average Bonchev–Trinajstić information content (AvgIpc) is 1.32. The monoisotopic (exact) mass is 1150 g/mol. The van der Waals surface area contributed by atoms with E-state index >= 15 is 0 Å². The molecule has 5 aliphatic rings. The first-order chi connectivity index (χ1) is 40.4. The Hall–Kier alpha value is -6.78. The Morgan fingerprint density at radius 1 is 0.345 bits per heavy atom. The summed E-state index contributed by atoms with van der Waals surface area (Å²) in [6.45, 7) is 53.0. The summed E-state index contributed by atoms with van der Waals surface area (Å²) in [6, 6.07) is 59.3. The number of anilines is 9. The fourth-order valence-corrected chi connectivity index (χ4v) is 16.0. The van der Waals surface area contributed by atoms with E-state index in [4.69, 9.17) is 0 Å². The fourth-order valence-electron chi connectivity index (χ4n) is 16.0. The van der Waals surface area contributed by atoms with Gasteiger partial charge in [-0.25, -0.2) is 0 Å². The zero-order valence-corrected chi connectivity index (χ0v) is 57.1. The summed E-state index contributed by atoms with van der Waals surface area (Å²) < 4.78 is 0. The normalized spacial score (nSPS) is 18.2. The van der Waals surface area contributed by atoms with Crippen LogP contribution < -0.4 is 31.1 Å². The predicted octanol–water partition coefficient (Wildman–Crippen LogP) is 21.4. The molecule has 0 fully saturated rings. The second-order valence-electron chi connectivity index (χ2n) is 34.5. The van der Waals surface area contributed by atoms with Crippen LogP contribution in [0, 0.1) is 0 Å². The summed E-state index contributed by atoms with van der Waals surface area (Å²) in [6.07, 6.45) is 4.65. The Balaban J connectivity index is 1.16. The highest BCUT2D eigenvalue weighted by Gasteiger charge is 2.49. The topological polar surface area (TPSA) is 9.72 Å². The molecule has 3 aliphatic carbocycles. The van der Waals surface area contributed by atoms with Crippen LogP contribution in [0.3, 0.4) is 0 Å². The minimum absolute atomic E-state index is 0.00193. The van der Waals surface area contributed by atoms with Crippen molar-refractivity contribution in [1.29, 1.82) is 0 Å². The predicted molar refractivity (Wildman–Crippen MR) is 378 cm³/mol. The Kier molecular flexibility index (Phi) is 13.0. The zero-order chi connectivity index (χ0) is 62.5. The van der Waals surface area contributed by atoms with Gasteiger partial charge in [0.1, 0.15) is 0 Å². The summed E-state index contributed by atoms with van der Waals surface area (Å²) in [5, 5.41) is 0. The molecule has 448 valence electrons. The lowest BCUT2D eigenvalue weighted by molar-refractivity contribution is 0.332. The first-order valence-corrected chi connectivity index (χ1v) is 33.0. The molecule has 3 nitrogen and oxygen atoms in total. The van der Waals surface area contributed by atoms with Gasteiger partial charge in [0.15, 0.2) is 0 Å². The Labute approximate surface area is 525 Å². The molecular weight excluding hydrogens is 1050 g/mol. The van der Waals surface area contributed by atoms with Gasteiger partial charge in [0.2, 0.25) is 0 Å². The van der Waals surface area contributed by atoms with Crippen LogP contribution >= 0.6 is 0 Å². The van der Waals surface area contributed by atoms with Crippen molar-refractivity contribution in [3.63, 3.8) is 0 Å². The molecular formula is C83H98BN3. The van der Waals surface area contributed by atoms with E-state index in [0.29, 0.717) is 0 Å². The molecule has 0 bridgehead atoms. The highest BCUT2D eigenvalue weighted by molar-refractivity contribution is 7.00. The van der Waals surface area contributed by atoms with Crippen molar-refractivity contribution < 1.29 is 0 Å². The third kappa shape index (κ3) is 9.40. The number of nitrogens with zero attached hydrogens (tertiary/aromatic N) is 3. The van der Waals surface area contributed by atoms with Crippen LogP contribution in [-0.4, -0.2) is 6.71 Å². The van der Waals surface area contributed by atoms with E-state index in [9.17, 15) is 0 Å². The minimum atomic E-state index is -0.225. The van der Waals surface area contributed by atoms with E-state index in [1.54, 1.807) is 0 Å². The molecule has 8 aromatic rings. The summed E-state index contributed by atoms with van der Waals surface area (Å²) in [7, 11) is 0. The summed E-state index contributed by atoms with van der Waals surface area (Å²) in [4.78, 5) is 8.02. The molecule has 13 rings (SSSR count). The van der Waals surface area contributed by atoms with Crippen molar-refractivity contribution in [3.8, 4) is 11.1 Å². The van der Waals surface area contributed by atoms with Gasteiger partial charge in [-0.15, -0.1) is 0 Å². The molecule has 0 saturated carbocycles. The molecule has 2 aliphatic heterocycles. The summed E-state index contributed by atoms with van der Waals surface area (Å²) >= 11 is 0. The third-order valence-corrected chi connectivity index (χ3v) is 22.0. The summed E-state index contributed by atoms with van der Waals surface area (Å²) in [5.41, 5.74) is 31.7. The second kappa shape index (κ2) is 19.1. The molecule has 87 heavy (non-hydrogen) atoms. The molecule has 8 aromatic carbocycles. The molecule has 0 atom stereocenters. The van der Waals surface area contributed by atoms with Crippen molar-refractivity contribution in [2.75, 3.05) is 14.7 Å². The molecule has 4 heteroatoms. The first kappa shape index (κ1) is 59.2. The van der Waals surface area contributed by atoms with Gasteiger partial charge in [0.05, 0.1) is 5.69 Å². The van der Waals surface area contributed by atoms with Crippen molar-refractivity contribution in [3.05, 3.63) is 201 Å². The number of hydrogen-bond donors (Lipinski definition) is 0. The van der Waals surface area contributed by atoms with Crippen molar-refractivity contribution in [1.82, 2.24) is 0 Å². The van der Waals surface area contributed by atoms with Gasteiger partial charge in [-0.05, 0) is 219 Å². The van der Waals surface area contributed by atoms with Gasteiger partial charge in [-0.3, -0.25) is 0 Å². The molecule has 0 spiro atoms. The second-order valence-corrected chi connectivity index (χ2v) is 34.5. The maximum atomic E-state index is 2.75. The van der Waals surface area contributed by atoms with Crippen LogP contribution in [0.5, 0.6) is 0 Å². The van der Waals surface area contributed by atoms with Gasteiger partial charge in [0, 0.05) is 56.5 Å². The van der Waals surface area contributed by atoms with Crippen LogP contribution in [-0.2, 0) is 48.7 Å².